The molecule has 0 fully saturated rings. The summed E-state index contributed by atoms with van der Waals surface area (Å²) in [7, 11) is 0. The van der Waals surface area contributed by atoms with E-state index in [1.165, 1.54) is 11.3 Å². The van der Waals surface area contributed by atoms with Crippen LogP contribution in [0.25, 0.3) is 0 Å². The molecule has 0 saturated heterocycles. The van der Waals surface area contributed by atoms with Crippen LogP contribution in [0.3, 0.4) is 0 Å². The minimum atomic E-state index is -0.220. The van der Waals surface area contributed by atoms with Crippen LogP contribution in [-0.2, 0) is 20.7 Å². The van der Waals surface area contributed by atoms with Crippen molar-refractivity contribution in [1.82, 2.24) is 10.2 Å². The van der Waals surface area contributed by atoms with Crippen LogP contribution < -0.4 is 5.32 Å². The van der Waals surface area contributed by atoms with Crippen LogP contribution >= 0.6 is 11.3 Å². The third kappa shape index (κ3) is 7.19. The highest BCUT2D eigenvalue weighted by Crippen LogP contribution is 2.14. The molecule has 0 aromatic carbocycles. The second-order valence-corrected chi connectivity index (χ2v) is 5.49. The fourth-order valence-electron chi connectivity index (χ4n) is 1.20. The van der Waals surface area contributed by atoms with E-state index in [0.29, 0.717) is 30.9 Å². The number of nitrogens with zero attached hydrogens (tertiary/aromatic N) is 2. The Balaban J connectivity index is 2.08. The number of hydrogen-bond acceptors (Lipinski definition) is 6. The van der Waals surface area contributed by atoms with E-state index in [1.807, 2.05) is 6.92 Å². The van der Waals surface area contributed by atoms with E-state index in [9.17, 15) is 4.79 Å². The van der Waals surface area contributed by atoms with Crippen molar-refractivity contribution in [1.29, 1.82) is 0 Å². The predicted octanol–water partition coefficient (Wildman–Crippen LogP) is 1.73. The number of carbonyl (C=O) groups excluding carboxylic acids is 1. The van der Waals surface area contributed by atoms with Gasteiger partial charge < -0.3 is 9.47 Å². The molecule has 0 aliphatic carbocycles. The van der Waals surface area contributed by atoms with Crippen molar-refractivity contribution >= 4 is 22.4 Å². The van der Waals surface area contributed by atoms with Crippen molar-refractivity contribution in [2.24, 2.45) is 5.92 Å². The molecule has 0 radical (unpaired) electrons. The molecule has 0 bridgehead atoms. The highest BCUT2D eigenvalue weighted by atomic mass is 32.1. The summed E-state index contributed by atoms with van der Waals surface area (Å²) in [5.74, 6) is 0.288. The van der Waals surface area contributed by atoms with Gasteiger partial charge in [0.2, 0.25) is 5.13 Å². The van der Waals surface area contributed by atoms with E-state index >= 15 is 0 Å². The minimum Gasteiger partial charge on any atom is -0.379 e. The van der Waals surface area contributed by atoms with Gasteiger partial charge in [0.05, 0.1) is 13.2 Å². The zero-order chi connectivity index (χ0) is 14.1. The zero-order valence-corrected chi connectivity index (χ0v) is 12.5. The molecule has 0 atom stereocenters. The lowest BCUT2D eigenvalue weighted by molar-refractivity contribution is -0.121. The summed E-state index contributed by atoms with van der Waals surface area (Å²) >= 11 is 1.38. The average Bonchev–Trinajstić information content (AvgIpc) is 2.81. The molecule has 1 aromatic heterocycles. The Kier molecular flexibility index (Phi) is 7.54. The summed E-state index contributed by atoms with van der Waals surface area (Å²) < 4.78 is 10.5. The number of nitrogens with one attached hydrogen (secondary N) is 1. The molecule has 1 heterocycles. The Morgan fingerprint density at radius 3 is 2.68 bits per heavy atom. The first kappa shape index (κ1) is 16.0. The minimum absolute atomic E-state index is 0.00603. The van der Waals surface area contributed by atoms with E-state index in [2.05, 4.69) is 29.4 Å². The molecule has 6 nitrogen and oxygen atoms in total. The third-order valence-corrected chi connectivity index (χ3v) is 3.06. The largest absolute Gasteiger partial charge is 0.379 e. The molecular formula is C12H21N3O3S. The van der Waals surface area contributed by atoms with Gasteiger partial charge in [-0.3, -0.25) is 10.1 Å². The second-order valence-electron chi connectivity index (χ2n) is 4.42. The molecule has 19 heavy (non-hydrogen) atoms. The van der Waals surface area contributed by atoms with Gasteiger partial charge in [-0.05, 0) is 12.3 Å². The molecule has 0 aliphatic rings. The third-order valence-electron chi connectivity index (χ3n) is 2.07. The Hall–Kier alpha value is -1.05. The summed E-state index contributed by atoms with van der Waals surface area (Å²) in [5.41, 5.74) is 0. The summed E-state index contributed by atoms with van der Waals surface area (Å²) in [4.78, 5) is 11.5. The number of anilines is 1. The van der Waals surface area contributed by atoms with Gasteiger partial charge in [0.25, 0.3) is 5.91 Å². The van der Waals surface area contributed by atoms with Crippen LogP contribution in [0.2, 0.25) is 0 Å². The molecule has 7 heteroatoms. The summed E-state index contributed by atoms with van der Waals surface area (Å²) in [6, 6.07) is 0. The first-order valence-electron chi connectivity index (χ1n) is 6.39. The van der Waals surface area contributed by atoms with E-state index in [1.54, 1.807) is 0 Å². The fourth-order valence-corrected chi connectivity index (χ4v) is 1.90. The Morgan fingerprint density at radius 2 is 2.05 bits per heavy atom. The first-order valence-corrected chi connectivity index (χ1v) is 7.21. The second kappa shape index (κ2) is 8.95. The molecule has 1 amide bonds. The highest BCUT2D eigenvalue weighted by molar-refractivity contribution is 7.15. The lowest BCUT2D eigenvalue weighted by Gasteiger charge is -2.07. The molecule has 0 unspecified atom stereocenters. The topological polar surface area (TPSA) is 73.3 Å². The maximum atomic E-state index is 11.5. The van der Waals surface area contributed by atoms with Crippen molar-refractivity contribution in [3.8, 4) is 0 Å². The van der Waals surface area contributed by atoms with Gasteiger partial charge in [-0.25, -0.2) is 0 Å². The van der Waals surface area contributed by atoms with Gasteiger partial charge in [-0.15, -0.1) is 10.2 Å². The van der Waals surface area contributed by atoms with Gasteiger partial charge in [0.1, 0.15) is 11.6 Å². The normalized spacial score (nSPS) is 10.9. The Morgan fingerprint density at radius 1 is 1.32 bits per heavy atom. The number of ether oxygens (including phenoxy) is 2. The van der Waals surface area contributed by atoms with Crippen molar-refractivity contribution in [3.63, 3.8) is 0 Å². The van der Waals surface area contributed by atoms with Crippen LogP contribution in [0.15, 0.2) is 0 Å². The molecule has 0 aliphatic heterocycles. The molecule has 0 spiro atoms. The number of aryl methyl sites for hydroxylation is 1. The maximum absolute atomic E-state index is 11.5. The van der Waals surface area contributed by atoms with E-state index in [0.717, 1.165) is 11.4 Å². The fraction of sp³-hybridized carbons (Fsp3) is 0.750. The monoisotopic (exact) mass is 287 g/mol. The number of rotatable bonds is 9. The van der Waals surface area contributed by atoms with Gasteiger partial charge in [-0.2, -0.15) is 0 Å². The molecule has 1 rings (SSSR count). The summed E-state index contributed by atoms with van der Waals surface area (Å²) in [5, 5.41) is 11.8. The molecule has 108 valence electrons. The van der Waals surface area contributed by atoms with Gasteiger partial charge in [0.15, 0.2) is 0 Å². The first-order chi connectivity index (χ1) is 9.11. The summed E-state index contributed by atoms with van der Waals surface area (Å²) in [6.07, 6.45) is 0.817. The van der Waals surface area contributed by atoms with E-state index < -0.39 is 0 Å². The van der Waals surface area contributed by atoms with Crippen LogP contribution in [-0.4, -0.2) is 42.5 Å². The molecule has 1 N–H and O–H groups in total. The zero-order valence-electron chi connectivity index (χ0n) is 11.6. The van der Waals surface area contributed by atoms with Crippen LogP contribution in [0.1, 0.15) is 25.8 Å². The van der Waals surface area contributed by atoms with Crippen molar-refractivity contribution in [3.05, 3.63) is 5.01 Å². The number of aromatic nitrogens is 2. The average molecular weight is 287 g/mol. The van der Waals surface area contributed by atoms with E-state index in [-0.39, 0.29) is 12.5 Å². The predicted molar refractivity (Wildman–Crippen MR) is 74.4 cm³/mol. The highest BCUT2D eigenvalue weighted by Gasteiger charge is 2.07. The lowest BCUT2D eigenvalue weighted by Crippen LogP contribution is -2.20. The molecule has 0 saturated carbocycles. The summed E-state index contributed by atoms with van der Waals surface area (Å²) in [6.45, 7) is 7.79. The van der Waals surface area contributed by atoms with Gasteiger partial charge >= 0.3 is 0 Å². The molecule has 1 aromatic rings. The number of hydrogen-bond donors (Lipinski definition) is 1. The quantitative estimate of drug-likeness (QED) is 0.700. The van der Waals surface area contributed by atoms with Crippen LogP contribution in [0.4, 0.5) is 5.13 Å². The van der Waals surface area contributed by atoms with Crippen molar-refractivity contribution in [2.75, 3.05) is 31.7 Å². The Labute approximate surface area is 117 Å². The Bertz CT molecular complexity index is 382. The van der Waals surface area contributed by atoms with Gasteiger partial charge in [-0.1, -0.05) is 32.1 Å². The van der Waals surface area contributed by atoms with Crippen molar-refractivity contribution in [2.45, 2.75) is 27.2 Å². The molecular weight excluding hydrogens is 266 g/mol. The van der Waals surface area contributed by atoms with Gasteiger partial charge in [0, 0.05) is 6.61 Å². The SMILES string of the molecule is CCc1nnc(NC(=O)COCCOCC(C)C)s1. The maximum Gasteiger partial charge on any atom is 0.252 e. The lowest BCUT2D eigenvalue weighted by atomic mass is 10.2. The van der Waals surface area contributed by atoms with Crippen molar-refractivity contribution < 1.29 is 14.3 Å². The number of carbonyl (C=O) groups is 1. The van der Waals surface area contributed by atoms with Crippen LogP contribution in [0, 0.1) is 5.92 Å². The standard InChI is InChI=1S/C12H21N3O3S/c1-4-11-14-15-12(19-11)13-10(16)8-18-6-5-17-7-9(2)3/h9H,4-8H2,1-3H3,(H,13,15,16). The van der Waals surface area contributed by atoms with Crippen LogP contribution in [0.5, 0.6) is 0 Å². The van der Waals surface area contributed by atoms with E-state index in [4.69, 9.17) is 9.47 Å². The smallest absolute Gasteiger partial charge is 0.252 e. The number of amides is 1.